The normalized spacial score (nSPS) is 12.1. The van der Waals surface area contributed by atoms with Crippen molar-refractivity contribution in [1.82, 2.24) is 0 Å². The number of carboxylic acid groups (broad SMARTS) is 2. The number of carboxylic acids is 2. The molecule has 1 rings (SSSR count). The number of hydrogen-bond acceptors (Lipinski definition) is 4. The average molecular weight is 225 g/mol. The first-order valence-corrected chi connectivity index (χ1v) is 4.45. The van der Waals surface area contributed by atoms with E-state index in [4.69, 9.17) is 21.1 Å². The number of phenolic OH excluding ortho intramolecular Hbond substituents is 1. The van der Waals surface area contributed by atoms with Crippen molar-refractivity contribution in [3.05, 3.63) is 29.3 Å². The minimum absolute atomic E-state index is 0.1000. The molecule has 0 aliphatic carbocycles. The third-order valence-electron chi connectivity index (χ3n) is 2.08. The topological polar surface area (TPSA) is 121 Å². The number of benzene rings is 1. The molecule has 1 atom stereocenters. The van der Waals surface area contributed by atoms with Gasteiger partial charge in [-0.3, -0.25) is 4.79 Å². The van der Waals surface area contributed by atoms with Crippen molar-refractivity contribution in [2.24, 2.45) is 5.73 Å². The molecule has 0 radical (unpaired) electrons. The van der Waals surface area contributed by atoms with E-state index in [1.165, 1.54) is 12.1 Å². The Balaban J connectivity index is 3.04. The largest absolute Gasteiger partial charge is 0.508 e. The van der Waals surface area contributed by atoms with Gasteiger partial charge in [0.1, 0.15) is 11.8 Å². The van der Waals surface area contributed by atoms with Gasteiger partial charge in [-0.15, -0.1) is 0 Å². The summed E-state index contributed by atoms with van der Waals surface area (Å²) in [6, 6.07) is 2.53. The first-order chi connectivity index (χ1) is 7.41. The Hall–Kier alpha value is -2.08. The van der Waals surface area contributed by atoms with E-state index >= 15 is 0 Å². The van der Waals surface area contributed by atoms with Crippen LogP contribution < -0.4 is 5.73 Å². The number of rotatable bonds is 4. The summed E-state index contributed by atoms with van der Waals surface area (Å²) in [6.45, 7) is 0. The Bertz CT molecular complexity index is 429. The van der Waals surface area contributed by atoms with E-state index in [9.17, 15) is 9.59 Å². The quantitative estimate of drug-likeness (QED) is 0.574. The highest BCUT2D eigenvalue weighted by atomic mass is 16.4. The fourth-order valence-electron chi connectivity index (χ4n) is 1.27. The molecule has 0 fully saturated rings. The van der Waals surface area contributed by atoms with Crippen molar-refractivity contribution < 1.29 is 24.9 Å². The van der Waals surface area contributed by atoms with Crippen LogP contribution >= 0.6 is 0 Å². The summed E-state index contributed by atoms with van der Waals surface area (Å²) in [5, 5.41) is 26.6. The molecule has 1 aromatic carbocycles. The van der Waals surface area contributed by atoms with Crippen LogP contribution in [0.4, 0.5) is 0 Å². The van der Waals surface area contributed by atoms with Crippen LogP contribution in [0.2, 0.25) is 0 Å². The number of carbonyl (C=O) groups is 2. The summed E-state index contributed by atoms with van der Waals surface area (Å²) >= 11 is 0. The molecule has 0 amide bonds. The van der Waals surface area contributed by atoms with Gasteiger partial charge in [-0.25, -0.2) is 4.79 Å². The number of aliphatic carboxylic acids is 1. The van der Waals surface area contributed by atoms with Crippen LogP contribution in [0.15, 0.2) is 18.2 Å². The molecule has 0 heterocycles. The minimum atomic E-state index is -1.23. The zero-order valence-corrected chi connectivity index (χ0v) is 8.25. The molecular formula is C10H11NO5. The zero-order valence-electron chi connectivity index (χ0n) is 8.25. The third-order valence-corrected chi connectivity index (χ3v) is 2.08. The molecule has 0 saturated heterocycles. The van der Waals surface area contributed by atoms with Gasteiger partial charge >= 0.3 is 11.9 Å². The molecule has 0 aliphatic rings. The lowest BCUT2D eigenvalue weighted by Crippen LogP contribution is -2.32. The molecule has 86 valence electrons. The molecule has 6 nitrogen and oxygen atoms in total. The van der Waals surface area contributed by atoms with Crippen molar-refractivity contribution in [2.75, 3.05) is 0 Å². The lowest BCUT2D eigenvalue weighted by Gasteiger charge is -2.09. The Morgan fingerprint density at radius 3 is 2.44 bits per heavy atom. The maximum absolute atomic E-state index is 10.8. The fraction of sp³-hybridized carbons (Fsp3) is 0.200. The first kappa shape index (κ1) is 12.0. The van der Waals surface area contributed by atoms with E-state index in [2.05, 4.69) is 0 Å². The number of aromatic carboxylic acids is 1. The van der Waals surface area contributed by atoms with Crippen molar-refractivity contribution in [1.29, 1.82) is 0 Å². The van der Waals surface area contributed by atoms with Crippen LogP contribution in [-0.2, 0) is 11.2 Å². The average Bonchev–Trinajstić information content (AvgIpc) is 2.20. The summed E-state index contributed by atoms with van der Waals surface area (Å²) in [5.74, 6) is -2.63. The van der Waals surface area contributed by atoms with Crippen molar-refractivity contribution in [2.45, 2.75) is 12.5 Å². The third kappa shape index (κ3) is 2.71. The van der Waals surface area contributed by atoms with E-state index < -0.39 is 18.0 Å². The van der Waals surface area contributed by atoms with E-state index in [1.54, 1.807) is 0 Å². The second-order valence-electron chi connectivity index (χ2n) is 3.30. The highest BCUT2D eigenvalue weighted by Crippen LogP contribution is 2.18. The minimum Gasteiger partial charge on any atom is -0.508 e. The van der Waals surface area contributed by atoms with Gasteiger partial charge in [0.25, 0.3) is 0 Å². The highest BCUT2D eigenvalue weighted by Gasteiger charge is 2.17. The van der Waals surface area contributed by atoms with Crippen LogP contribution in [0.1, 0.15) is 15.9 Å². The standard InChI is InChI=1S/C10H11NO5/c11-8(10(15)16)3-5-1-2-6(12)4-7(5)9(13)14/h1-2,4,8,12H,3,11H2,(H,13,14)(H,15,16). The van der Waals surface area contributed by atoms with E-state index in [0.717, 1.165) is 6.07 Å². The number of aromatic hydroxyl groups is 1. The van der Waals surface area contributed by atoms with Crippen molar-refractivity contribution >= 4 is 11.9 Å². The molecule has 6 heteroatoms. The molecule has 1 unspecified atom stereocenters. The molecule has 1 aromatic rings. The van der Waals surface area contributed by atoms with E-state index in [-0.39, 0.29) is 23.3 Å². The molecule has 0 bridgehead atoms. The fourth-order valence-corrected chi connectivity index (χ4v) is 1.27. The predicted octanol–water partition coefficient (Wildman–Crippen LogP) is 0.0448. The van der Waals surface area contributed by atoms with Crippen molar-refractivity contribution in [3.8, 4) is 5.75 Å². The van der Waals surface area contributed by atoms with Gasteiger partial charge in [0.15, 0.2) is 0 Å². The molecular weight excluding hydrogens is 214 g/mol. The number of phenols is 1. The monoisotopic (exact) mass is 225 g/mol. The molecule has 16 heavy (non-hydrogen) atoms. The lowest BCUT2D eigenvalue weighted by atomic mass is 10.0. The zero-order chi connectivity index (χ0) is 12.3. The molecule has 5 N–H and O–H groups in total. The Morgan fingerprint density at radius 2 is 1.94 bits per heavy atom. The van der Waals surface area contributed by atoms with Gasteiger partial charge in [-0.1, -0.05) is 6.07 Å². The summed E-state index contributed by atoms with van der Waals surface area (Å²) in [5.41, 5.74) is 5.44. The summed E-state index contributed by atoms with van der Waals surface area (Å²) < 4.78 is 0. The van der Waals surface area contributed by atoms with Crippen LogP contribution in [0.25, 0.3) is 0 Å². The maximum Gasteiger partial charge on any atom is 0.336 e. The van der Waals surface area contributed by atoms with Gasteiger partial charge in [-0.05, 0) is 24.1 Å². The molecule has 0 aliphatic heterocycles. The maximum atomic E-state index is 10.8. The molecule has 0 saturated carbocycles. The summed E-state index contributed by atoms with van der Waals surface area (Å²) in [7, 11) is 0. The molecule has 0 spiro atoms. The Morgan fingerprint density at radius 1 is 1.31 bits per heavy atom. The number of hydrogen-bond donors (Lipinski definition) is 4. The predicted molar refractivity (Wildman–Crippen MR) is 54.4 cm³/mol. The second kappa shape index (κ2) is 4.63. The second-order valence-corrected chi connectivity index (χ2v) is 3.30. The summed E-state index contributed by atoms with van der Waals surface area (Å²) in [4.78, 5) is 21.4. The molecule has 0 aromatic heterocycles. The van der Waals surface area contributed by atoms with Gasteiger partial charge < -0.3 is 21.1 Å². The van der Waals surface area contributed by atoms with Gasteiger partial charge in [0.05, 0.1) is 5.56 Å². The van der Waals surface area contributed by atoms with Crippen LogP contribution in [0.5, 0.6) is 5.75 Å². The van der Waals surface area contributed by atoms with Crippen LogP contribution in [0, 0.1) is 0 Å². The first-order valence-electron chi connectivity index (χ1n) is 4.45. The number of nitrogens with two attached hydrogens (primary N) is 1. The van der Waals surface area contributed by atoms with Gasteiger partial charge in [0.2, 0.25) is 0 Å². The van der Waals surface area contributed by atoms with E-state index in [0.29, 0.717) is 0 Å². The Kier molecular flexibility index (Phi) is 3.47. The van der Waals surface area contributed by atoms with E-state index in [1.807, 2.05) is 0 Å². The highest BCUT2D eigenvalue weighted by molar-refractivity contribution is 5.90. The Labute approximate surface area is 90.9 Å². The SMILES string of the molecule is NC(Cc1ccc(O)cc1C(=O)O)C(=O)O. The van der Waals surface area contributed by atoms with Gasteiger partial charge in [-0.2, -0.15) is 0 Å². The van der Waals surface area contributed by atoms with Gasteiger partial charge in [0, 0.05) is 0 Å². The van der Waals surface area contributed by atoms with Crippen LogP contribution in [-0.4, -0.2) is 33.3 Å². The lowest BCUT2D eigenvalue weighted by molar-refractivity contribution is -0.138. The smallest absolute Gasteiger partial charge is 0.336 e. The summed E-state index contributed by atoms with van der Waals surface area (Å²) in [6.07, 6.45) is -0.1000. The van der Waals surface area contributed by atoms with Crippen LogP contribution in [0.3, 0.4) is 0 Å². The van der Waals surface area contributed by atoms with Crippen molar-refractivity contribution in [3.63, 3.8) is 0 Å².